The average Bonchev–Trinajstić information content (AvgIpc) is 1.64. The molecule has 0 atom stereocenters. The fourth-order valence-corrected chi connectivity index (χ4v) is 2.87. The molecule has 0 amide bonds. The predicted molar refractivity (Wildman–Crippen MR) is 35.9 cm³/mol. The molecule has 0 aliphatic carbocycles. The molecule has 0 fully saturated rings. The van der Waals surface area contributed by atoms with Gasteiger partial charge in [0.2, 0.25) is 0 Å². The minimum atomic E-state index is -2.68. The predicted octanol–water partition coefficient (Wildman–Crippen LogP) is -2.73. The largest absolute Gasteiger partial charge is 1.00 e. The van der Waals surface area contributed by atoms with Crippen LogP contribution < -0.4 is 34.5 Å². The Balaban J connectivity index is 0. The molecule has 0 saturated carbocycles. The SMILES string of the molecule is CCOP([O-])(=[Te])OCC.[Na+]. The van der Waals surface area contributed by atoms with Crippen LogP contribution in [0.25, 0.3) is 0 Å². The van der Waals surface area contributed by atoms with Crippen molar-refractivity contribution in [2.24, 2.45) is 0 Å². The first kappa shape index (κ1) is 14.6. The molecule has 0 unspecified atom stereocenters. The van der Waals surface area contributed by atoms with E-state index in [0.717, 1.165) is 0 Å². The summed E-state index contributed by atoms with van der Waals surface area (Å²) in [7, 11) is 0. The van der Waals surface area contributed by atoms with E-state index >= 15 is 0 Å². The fourth-order valence-electron chi connectivity index (χ4n) is 0.353. The second-order valence-electron chi connectivity index (χ2n) is 1.28. The van der Waals surface area contributed by atoms with Crippen molar-refractivity contribution in [2.45, 2.75) is 13.8 Å². The van der Waals surface area contributed by atoms with E-state index in [1.165, 1.54) is 21.2 Å². The van der Waals surface area contributed by atoms with Gasteiger partial charge in [-0.15, -0.1) is 0 Å². The van der Waals surface area contributed by atoms with E-state index in [0.29, 0.717) is 13.2 Å². The first-order valence-electron chi connectivity index (χ1n) is 2.72. The summed E-state index contributed by atoms with van der Waals surface area (Å²) in [6.07, 6.45) is 0. The molecule has 0 spiro atoms. The monoisotopic (exact) mass is 290 g/mol. The maximum atomic E-state index is 11.0. The molecule has 0 aromatic carbocycles. The van der Waals surface area contributed by atoms with Crippen molar-refractivity contribution in [3.8, 4) is 0 Å². The van der Waals surface area contributed by atoms with Crippen LogP contribution in [0, 0.1) is 0 Å². The van der Waals surface area contributed by atoms with E-state index in [4.69, 9.17) is 9.05 Å². The van der Waals surface area contributed by atoms with Gasteiger partial charge in [-0.1, -0.05) is 0 Å². The third kappa shape index (κ3) is 8.20. The van der Waals surface area contributed by atoms with Crippen molar-refractivity contribution in [3.63, 3.8) is 0 Å². The first-order valence-corrected chi connectivity index (χ1v) is 7.31. The van der Waals surface area contributed by atoms with Crippen LogP contribution in [0.3, 0.4) is 0 Å². The summed E-state index contributed by atoms with van der Waals surface area (Å²) in [5.74, 6) is 0. The molecular weight excluding hydrogens is 278 g/mol. The molecule has 0 radical (unpaired) electrons. The van der Waals surface area contributed by atoms with Crippen LogP contribution in [0.5, 0.6) is 0 Å². The molecule has 0 bridgehead atoms. The van der Waals surface area contributed by atoms with Gasteiger partial charge in [-0.3, -0.25) is 0 Å². The Morgan fingerprint density at radius 1 is 1.30 bits per heavy atom. The van der Waals surface area contributed by atoms with E-state index in [1.54, 1.807) is 13.8 Å². The molecule has 0 N–H and O–H groups in total. The smallest absolute Gasteiger partial charge is 1.00 e. The molecule has 0 aromatic rings. The molecular formula is C4H10NaO3PTe. The van der Waals surface area contributed by atoms with Gasteiger partial charge in [-0.2, -0.15) is 0 Å². The Hall–Kier alpha value is 2.10. The zero-order chi connectivity index (χ0) is 7.33. The first-order chi connectivity index (χ1) is 4.12. The summed E-state index contributed by atoms with van der Waals surface area (Å²) < 4.78 is 9.62. The van der Waals surface area contributed by atoms with Gasteiger partial charge in [-0.25, -0.2) is 0 Å². The Labute approximate surface area is 96.0 Å². The molecule has 0 saturated heterocycles. The minimum Gasteiger partial charge on any atom is 1.00 e. The molecule has 0 aliphatic rings. The molecule has 0 heterocycles. The van der Waals surface area contributed by atoms with Crippen molar-refractivity contribution < 1.29 is 43.5 Å². The van der Waals surface area contributed by atoms with Gasteiger partial charge in [0.1, 0.15) is 0 Å². The summed E-state index contributed by atoms with van der Waals surface area (Å²) >= 11 is 1.40. The Bertz CT molecular complexity index is 111. The zero-order valence-corrected chi connectivity index (χ0v) is 11.7. The zero-order valence-electron chi connectivity index (χ0n) is 6.49. The maximum absolute atomic E-state index is 11.0. The van der Waals surface area contributed by atoms with E-state index in [2.05, 4.69) is 0 Å². The van der Waals surface area contributed by atoms with Gasteiger partial charge >= 0.3 is 97.0 Å². The van der Waals surface area contributed by atoms with Crippen LogP contribution in [0.4, 0.5) is 0 Å². The van der Waals surface area contributed by atoms with Crippen LogP contribution in [0.1, 0.15) is 13.8 Å². The van der Waals surface area contributed by atoms with E-state index in [9.17, 15) is 4.89 Å². The molecule has 56 valence electrons. The summed E-state index contributed by atoms with van der Waals surface area (Å²) in [5.41, 5.74) is 0. The van der Waals surface area contributed by atoms with Crippen molar-refractivity contribution in [2.75, 3.05) is 13.2 Å². The van der Waals surface area contributed by atoms with Crippen molar-refractivity contribution in [3.05, 3.63) is 0 Å². The number of hydrogen-bond donors (Lipinski definition) is 0. The molecule has 3 nitrogen and oxygen atoms in total. The van der Waals surface area contributed by atoms with Gasteiger partial charge in [-0.05, 0) is 0 Å². The summed E-state index contributed by atoms with van der Waals surface area (Å²) in [6.45, 7) is 4.46. The average molecular weight is 288 g/mol. The second-order valence-corrected chi connectivity index (χ2v) is 6.52. The number of rotatable bonds is 4. The fraction of sp³-hybridized carbons (Fsp3) is 1.00. The van der Waals surface area contributed by atoms with Crippen molar-refractivity contribution in [1.29, 1.82) is 0 Å². The van der Waals surface area contributed by atoms with Gasteiger partial charge in [0.15, 0.2) is 0 Å². The van der Waals surface area contributed by atoms with E-state index in [-0.39, 0.29) is 29.6 Å². The summed E-state index contributed by atoms with van der Waals surface area (Å²) in [4.78, 5) is 11.0. The number of hydrogen-bond acceptors (Lipinski definition) is 3. The van der Waals surface area contributed by atoms with Crippen molar-refractivity contribution in [1.82, 2.24) is 0 Å². The van der Waals surface area contributed by atoms with Gasteiger partial charge in [0.25, 0.3) is 0 Å². The van der Waals surface area contributed by atoms with Gasteiger partial charge in [0.05, 0.1) is 0 Å². The third-order valence-corrected chi connectivity index (χ3v) is 3.53. The molecule has 10 heavy (non-hydrogen) atoms. The Morgan fingerprint density at radius 2 is 1.60 bits per heavy atom. The van der Waals surface area contributed by atoms with Crippen molar-refractivity contribution >= 4 is 26.4 Å². The van der Waals surface area contributed by atoms with Crippen LogP contribution in [0.15, 0.2) is 0 Å². The molecule has 0 rings (SSSR count). The van der Waals surface area contributed by atoms with Crippen LogP contribution in [-0.2, 0) is 9.05 Å². The summed E-state index contributed by atoms with van der Waals surface area (Å²) in [6, 6.07) is 0. The van der Waals surface area contributed by atoms with Crippen LogP contribution in [-0.4, -0.2) is 34.4 Å². The topological polar surface area (TPSA) is 41.5 Å². The normalized spacial score (nSPS) is 10.7. The minimum absolute atomic E-state index is 0. The molecule has 0 aromatic heterocycles. The summed E-state index contributed by atoms with van der Waals surface area (Å²) in [5, 5.41) is -2.68. The maximum Gasteiger partial charge on any atom is 1.00 e. The van der Waals surface area contributed by atoms with Crippen LogP contribution >= 0.6 is 5.17 Å². The van der Waals surface area contributed by atoms with E-state index < -0.39 is 5.17 Å². The van der Waals surface area contributed by atoms with Gasteiger partial charge in [0, 0.05) is 0 Å². The second kappa shape index (κ2) is 7.73. The molecule has 0 aliphatic heterocycles. The third-order valence-electron chi connectivity index (χ3n) is 0.574. The van der Waals surface area contributed by atoms with Gasteiger partial charge < -0.3 is 0 Å². The van der Waals surface area contributed by atoms with E-state index in [1.807, 2.05) is 0 Å². The van der Waals surface area contributed by atoms with Crippen LogP contribution in [0.2, 0.25) is 0 Å². The Morgan fingerprint density at radius 3 is 1.80 bits per heavy atom. The quantitative estimate of drug-likeness (QED) is 0.416. The Kier molecular flexibility index (Phi) is 11.3. The standard InChI is InChI=1S/C4H11O3PTe.Na/c1-3-6-8(5,9)7-4-2;/h3-4H2,1-2H3,(H,5,9);/q;+1/p-1. The molecule has 6 heteroatoms.